The highest BCUT2D eigenvalue weighted by molar-refractivity contribution is 9.10. The van der Waals surface area contributed by atoms with Crippen LogP contribution in [-0.2, 0) is 0 Å². The van der Waals surface area contributed by atoms with Gasteiger partial charge in [0.2, 0.25) is 0 Å². The minimum atomic E-state index is 0. The summed E-state index contributed by atoms with van der Waals surface area (Å²) in [6.07, 6.45) is 2.42. The highest BCUT2D eigenvalue weighted by Gasteiger charge is 2.26. The SMILES string of the molecule is CN[C@@H]1CC[C@@H](c2ccc(Br)cc2)c2ccccc21.Cl. The molecule has 3 heteroatoms. The van der Waals surface area contributed by atoms with Crippen LogP contribution in [0.2, 0.25) is 0 Å². The molecule has 0 amide bonds. The van der Waals surface area contributed by atoms with Gasteiger partial charge in [-0.1, -0.05) is 52.3 Å². The lowest BCUT2D eigenvalue weighted by molar-refractivity contribution is 0.471. The molecule has 0 aromatic heterocycles. The predicted octanol–water partition coefficient (Wildman–Crippen LogP) is 5.06. The summed E-state index contributed by atoms with van der Waals surface area (Å²) >= 11 is 3.51. The Balaban J connectivity index is 0.00000147. The van der Waals surface area contributed by atoms with Gasteiger partial charge in [0.15, 0.2) is 0 Å². The summed E-state index contributed by atoms with van der Waals surface area (Å²) in [6, 6.07) is 18.1. The van der Waals surface area contributed by atoms with Crippen molar-refractivity contribution in [3.63, 3.8) is 0 Å². The quantitative estimate of drug-likeness (QED) is 0.797. The molecule has 3 rings (SSSR count). The maximum absolute atomic E-state index is 3.51. The van der Waals surface area contributed by atoms with Crippen molar-refractivity contribution in [3.8, 4) is 0 Å². The van der Waals surface area contributed by atoms with Crippen molar-refractivity contribution in [3.05, 3.63) is 69.7 Å². The highest BCUT2D eigenvalue weighted by Crippen LogP contribution is 2.41. The molecular weight excluding hydrogens is 334 g/mol. The molecule has 1 N–H and O–H groups in total. The lowest BCUT2D eigenvalue weighted by atomic mass is 9.77. The molecule has 0 saturated carbocycles. The lowest BCUT2D eigenvalue weighted by Gasteiger charge is -2.31. The van der Waals surface area contributed by atoms with Gasteiger partial charge in [-0.15, -0.1) is 12.4 Å². The van der Waals surface area contributed by atoms with Crippen molar-refractivity contribution in [2.75, 3.05) is 7.05 Å². The molecule has 0 bridgehead atoms. The standard InChI is InChI=1S/C17H18BrN.ClH/c1-19-17-11-10-14(12-6-8-13(18)9-7-12)15-4-2-3-5-16(15)17;/h2-9,14,17,19H,10-11H2,1H3;1H/t14-,17+;/m0./s1. The Labute approximate surface area is 135 Å². The molecule has 2 aromatic carbocycles. The third-order valence-electron chi connectivity index (χ3n) is 4.11. The number of hydrogen-bond acceptors (Lipinski definition) is 1. The first-order chi connectivity index (χ1) is 9.29. The molecule has 0 heterocycles. The van der Waals surface area contributed by atoms with Gasteiger partial charge in [0.05, 0.1) is 0 Å². The smallest absolute Gasteiger partial charge is 0.0320 e. The summed E-state index contributed by atoms with van der Waals surface area (Å²) in [5.41, 5.74) is 4.37. The molecule has 0 fully saturated rings. The molecule has 1 aliphatic rings. The van der Waals surface area contributed by atoms with Crippen LogP contribution in [0.25, 0.3) is 0 Å². The fourth-order valence-corrected chi connectivity index (χ4v) is 3.40. The van der Waals surface area contributed by atoms with Crippen molar-refractivity contribution in [1.82, 2.24) is 5.32 Å². The molecule has 106 valence electrons. The Hall–Kier alpha value is -0.830. The zero-order valence-electron chi connectivity index (χ0n) is 11.5. The van der Waals surface area contributed by atoms with Gasteiger partial charge in [-0.3, -0.25) is 0 Å². The van der Waals surface area contributed by atoms with Gasteiger partial charge in [-0.05, 0) is 48.7 Å². The van der Waals surface area contributed by atoms with Crippen molar-refractivity contribution in [2.24, 2.45) is 0 Å². The second-order valence-corrected chi connectivity index (χ2v) is 6.07. The fourth-order valence-electron chi connectivity index (χ4n) is 3.13. The average Bonchev–Trinajstić information content (AvgIpc) is 2.47. The Morgan fingerprint density at radius 2 is 1.60 bits per heavy atom. The van der Waals surface area contributed by atoms with Gasteiger partial charge < -0.3 is 5.32 Å². The number of nitrogens with one attached hydrogen (secondary N) is 1. The van der Waals surface area contributed by atoms with Crippen LogP contribution in [-0.4, -0.2) is 7.05 Å². The largest absolute Gasteiger partial charge is 0.313 e. The Kier molecular flexibility index (Phi) is 5.25. The molecule has 2 aromatic rings. The molecule has 0 aliphatic heterocycles. The van der Waals surface area contributed by atoms with Gasteiger partial charge in [0.25, 0.3) is 0 Å². The summed E-state index contributed by atoms with van der Waals surface area (Å²) < 4.78 is 1.15. The van der Waals surface area contributed by atoms with E-state index in [0.717, 1.165) is 4.47 Å². The summed E-state index contributed by atoms with van der Waals surface area (Å²) in [5, 5.41) is 3.43. The minimum absolute atomic E-state index is 0. The summed E-state index contributed by atoms with van der Waals surface area (Å²) in [4.78, 5) is 0. The van der Waals surface area contributed by atoms with E-state index in [-0.39, 0.29) is 12.4 Å². The van der Waals surface area contributed by atoms with Crippen LogP contribution >= 0.6 is 28.3 Å². The van der Waals surface area contributed by atoms with Crippen LogP contribution in [0.3, 0.4) is 0 Å². The van der Waals surface area contributed by atoms with E-state index in [0.29, 0.717) is 12.0 Å². The molecule has 20 heavy (non-hydrogen) atoms. The van der Waals surface area contributed by atoms with E-state index < -0.39 is 0 Å². The molecule has 0 spiro atoms. The van der Waals surface area contributed by atoms with Crippen LogP contribution < -0.4 is 5.32 Å². The van der Waals surface area contributed by atoms with Crippen LogP contribution in [0, 0.1) is 0 Å². The Morgan fingerprint density at radius 3 is 2.25 bits per heavy atom. The van der Waals surface area contributed by atoms with E-state index in [4.69, 9.17) is 0 Å². The first kappa shape index (κ1) is 15.6. The summed E-state index contributed by atoms with van der Waals surface area (Å²) in [5.74, 6) is 0.536. The molecule has 0 radical (unpaired) electrons. The highest BCUT2D eigenvalue weighted by atomic mass is 79.9. The van der Waals surface area contributed by atoms with Gasteiger partial charge in [0, 0.05) is 16.4 Å². The van der Waals surface area contributed by atoms with Gasteiger partial charge in [-0.25, -0.2) is 0 Å². The molecular formula is C17H19BrClN. The first-order valence-electron chi connectivity index (χ1n) is 6.81. The van der Waals surface area contributed by atoms with Crippen LogP contribution in [0.4, 0.5) is 0 Å². The van der Waals surface area contributed by atoms with Crippen molar-refractivity contribution < 1.29 is 0 Å². The third kappa shape index (κ3) is 2.93. The molecule has 0 unspecified atom stereocenters. The second kappa shape index (κ2) is 6.75. The lowest BCUT2D eigenvalue weighted by Crippen LogP contribution is -2.24. The monoisotopic (exact) mass is 351 g/mol. The minimum Gasteiger partial charge on any atom is -0.313 e. The number of rotatable bonds is 2. The van der Waals surface area contributed by atoms with Gasteiger partial charge in [0.1, 0.15) is 0 Å². The Bertz CT molecular complexity index is 567. The van der Waals surface area contributed by atoms with E-state index in [1.54, 1.807) is 0 Å². The number of fused-ring (bicyclic) bond motifs is 1. The first-order valence-corrected chi connectivity index (χ1v) is 7.60. The van der Waals surface area contributed by atoms with Gasteiger partial charge >= 0.3 is 0 Å². The van der Waals surface area contributed by atoms with E-state index in [1.165, 1.54) is 29.5 Å². The van der Waals surface area contributed by atoms with Crippen LogP contribution in [0.1, 0.15) is 41.5 Å². The normalized spacial score (nSPS) is 20.9. The fraction of sp³-hybridized carbons (Fsp3) is 0.294. The van der Waals surface area contributed by atoms with E-state index >= 15 is 0 Å². The van der Waals surface area contributed by atoms with Crippen LogP contribution in [0.5, 0.6) is 0 Å². The predicted molar refractivity (Wildman–Crippen MR) is 90.7 cm³/mol. The van der Waals surface area contributed by atoms with E-state index in [9.17, 15) is 0 Å². The zero-order valence-corrected chi connectivity index (χ0v) is 13.9. The summed E-state index contributed by atoms with van der Waals surface area (Å²) in [6.45, 7) is 0. The summed E-state index contributed by atoms with van der Waals surface area (Å²) in [7, 11) is 2.06. The molecule has 2 atom stereocenters. The number of benzene rings is 2. The molecule has 1 nitrogen and oxygen atoms in total. The topological polar surface area (TPSA) is 12.0 Å². The van der Waals surface area contributed by atoms with Gasteiger partial charge in [-0.2, -0.15) is 0 Å². The van der Waals surface area contributed by atoms with Crippen molar-refractivity contribution >= 4 is 28.3 Å². The number of halogens is 2. The molecule has 0 saturated heterocycles. The third-order valence-corrected chi connectivity index (χ3v) is 4.64. The van der Waals surface area contributed by atoms with Crippen LogP contribution in [0.15, 0.2) is 53.0 Å². The Morgan fingerprint density at radius 1 is 0.950 bits per heavy atom. The van der Waals surface area contributed by atoms with E-state index in [1.807, 2.05) is 0 Å². The maximum Gasteiger partial charge on any atom is 0.0320 e. The average molecular weight is 353 g/mol. The van der Waals surface area contributed by atoms with E-state index in [2.05, 4.69) is 76.8 Å². The second-order valence-electron chi connectivity index (χ2n) is 5.15. The zero-order chi connectivity index (χ0) is 13.2. The van der Waals surface area contributed by atoms with Crippen molar-refractivity contribution in [2.45, 2.75) is 24.8 Å². The molecule has 1 aliphatic carbocycles. The van der Waals surface area contributed by atoms with Crippen molar-refractivity contribution in [1.29, 1.82) is 0 Å². The number of hydrogen-bond donors (Lipinski definition) is 1. The maximum atomic E-state index is 3.51.